The first kappa shape index (κ1) is 17.5. The van der Waals surface area contributed by atoms with Gasteiger partial charge in [-0.05, 0) is 80.8 Å². The van der Waals surface area contributed by atoms with E-state index in [9.17, 15) is 5.11 Å². The number of hydrogen-bond donors (Lipinski definition) is 1. The molecule has 2 unspecified atom stereocenters. The van der Waals surface area contributed by atoms with Crippen LogP contribution in [0, 0.1) is 40.9 Å². The van der Waals surface area contributed by atoms with Crippen molar-refractivity contribution in [3.05, 3.63) is 29.3 Å². The molecule has 1 saturated heterocycles. The topological polar surface area (TPSA) is 71.7 Å². The Labute approximate surface area is 160 Å². The molecule has 1 aliphatic heterocycles. The predicted octanol–water partition coefficient (Wildman–Crippen LogP) is 4.05. The van der Waals surface area contributed by atoms with Crippen LogP contribution in [0.1, 0.15) is 50.2 Å². The van der Waals surface area contributed by atoms with Crippen molar-refractivity contribution in [3.8, 4) is 11.8 Å². The summed E-state index contributed by atoms with van der Waals surface area (Å²) in [6.07, 6.45) is 6.64. The molecule has 1 heterocycles. The monoisotopic (exact) mass is 369 g/mol. The fourth-order valence-corrected chi connectivity index (χ4v) is 6.67. The molecular weight excluding hydrogens is 342 g/mol. The minimum atomic E-state index is -0.952. The SMILES string of the molecule is COC1(c2ccc(CC(C)C#N)c(O)c2)OOC12C1CC3CC(C1)CC2C3. The average Bonchev–Trinajstić information content (AvgIpc) is 2.63. The maximum Gasteiger partial charge on any atom is 0.260 e. The van der Waals surface area contributed by atoms with Crippen LogP contribution in [0.15, 0.2) is 18.2 Å². The van der Waals surface area contributed by atoms with Crippen molar-refractivity contribution < 1.29 is 19.6 Å². The summed E-state index contributed by atoms with van der Waals surface area (Å²) < 4.78 is 6.03. The largest absolute Gasteiger partial charge is 0.508 e. The summed E-state index contributed by atoms with van der Waals surface area (Å²) in [5.41, 5.74) is 1.15. The molecule has 4 aliphatic carbocycles. The van der Waals surface area contributed by atoms with Crippen LogP contribution < -0.4 is 0 Å². The first-order valence-electron chi connectivity index (χ1n) is 10.2. The van der Waals surface area contributed by atoms with Crippen molar-refractivity contribution in [2.45, 2.75) is 56.8 Å². The Bertz CT molecular complexity index is 768. The Morgan fingerprint density at radius 1 is 1.19 bits per heavy atom. The van der Waals surface area contributed by atoms with Crippen LogP contribution in [0.5, 0.6) is 5.75 Å². The maximum absolute atomic E-state index is 10.6. The molecule has 5 aliphatic rings. The third kappa shape index (κ3) is 2.21. The summed E-state index contributed by atoms with van der Waals surface area (Å²) in [5, 5.41) is 19.6. The Kier molecular flexibility index (Phi) is 3.85. The molecule has 6 rings (SSSR count). The zero-order valence-corrected chi connectivity index (χ0v) is 16.0. The molecule has 0 radical (unpaired) electrons. The minimum absolute atomic E-state index is 0.141. The highest BCUT2D eigenvalue weighted by molar-refractivity contribution is 5.41. The molecule has 4 saturated carbocycles. The number of rotatable bonds is 4. The Hall–Kier alpha value is -1.61. The Balaban J connectivity index is 1.52. The van der Waals surface area contributed by atoms with E-state index in [1.807, 2.05) is 19.1 Å². The quantitative estimate of drug-likeness (QED) is 0.811. The number of nitrogens with zero attached hydrogens (tertiary/aromatic N) is 1. The van der Waals surface area contributed by atoms with E-state index >= 15 is 0 Å². The smallest absolute Gasteiger partial charge is 0.260 e. The second-order valence-corrected chi connectivity index (χ2v) is 9.16. The Morgan fingerprint density at radius 3 is 2.33 bits per heavy atom. The number of aromatic hydroxyl groups is 1. The number of ether oxygens (including phenoxy) is 1. The molecule has 0 amide bonds. The van der Waals surface area contributed by atoms with Gasteiger partial charge in [-0.1, -0.05) is 12.1 Å². The van der Waals surface area contributed by atoms with Crippen LogP contribution in [0.3, 0.4) is 0 Å². The predicted molar refractivity (Wildman–Crippen MR) is 97.2 cm³/mol. The summed E-state index contributed by atoms with van der Waals surface area (Å²) in [5.74, 6) is 1.63. The normalized spacial score (nSPS) is 42.7. The number of hydrogen-bond acceptors (Lipinski definition) is 5. The Morgan fingerprint density at radius 2 is 1.85 bits per heavy atom. The summed E-state index contributed by atoms with van der Waals surface area (Å²) in [4.78, 5) is 11.7. The lowest BCUT2D eigenvalue weighted by Crippen LogP contribution is -2.76. The molecule has 4 bridgehead atoms. The van der Waals surface area contributed by atoms with Crippen molar-refractivity contribution >= 4 is 0 Å². The first-order chi connectivity index (χ1) is 13.0. The van der Waals surface area contributed by atoms with Gasteiger partial charge in [0.05, 0.1) is 6.07 Å². The van der Waals surface area contributed by atoms with Crippen LogP contribution in [0.2, 0.25) is 0 Å². The lowest BCUT2D eigenvalue weighted by Gasteiger charge is -2.68. The van der Waals surface area contributed by atoms with E-state index in [1.54, 1.807) is 13.2 Å². The van der Waals surface area contributed by atoms with Crippen LogP contribution in [0.4, 0.5) is 0 Å². The van der Waals surface area contributed by atoms with E-state index < -0.39 is 11.4 Å². The zero-order valence-electron chi connectivity index (χ0n) is 16.0. The molecule has 144 valence electrons. The average molecular weight is 369 g/mol. The molecule has 2 atom stereocenters. The fraction of sp³-hybridized carbons (Fsp3) is 0.682. The third-order valence-corrected chi connectivity index (χ3v) is 7.66. The molecule has 5 fully saturated rings. The molecule has 0 aromatic heterocycles. The summed E-state index contributed by atoms with van der Waals surface area (Å²) in [6.45, 7) is 1.86. The standard InChI is InChI=1S/C22H27NO4/c1-13(12-23)5-16-3-4-17(11-20(16)24)22(25-2)21(26-27-22)18-7-14-6-15(9-18)10-19(21)8-14/h3-4,11,13-15,18-19,24H,5-10H2,1-2H3. The number of methoxy groups -OCH3 is 1. The van der Waals surface area contributed by atoms with Gasteiger partial charge in [0.1, 0.15) is 5.75 Å². The third-order valence-electron chi connectivity index (χ3n) is 7.66. The van der Waals surface area contributed by atoms with E-state index in [1.165, 1.54) is 32.1 Å². The summed E-state index contributed by atoms with van der Waals surface area (Å²) in [7, 11) is 1.68. The second kappa shape index (κ2) is 5.94. The molecule has 27 heavy (non-hydrogen) atoms. The zero-order chi connectivity index (χ0) is 18.8. The number of benzene rings is 1. The fourth-order valence-electron chi connectivity index (χ4n) is 6.67. The van der Waals surface area contributed by atoms with Crippen molar-refractivity contribution in [2.75, 3.05) is 7.11 Å². The van der Waals surface area contributed by atoms with Gasteiger partial charge in [0.2, 0.25) is 0 Å². The van der Waals surface area contributed by atoms with Gasteiger partial charge in [0.25, 0.3) is 5.79 Å². The first-order valence-corrected chi connectivity index (χ1v) is 10.2. The van der Waals surface area contributed by atoms with E-state index in [2.05, 4.69) is 6.07 Å². The van der Waals surface area contributed by atoms with E-state index in [0.29, 0.717) is 18.3 Å². The number of nitriles is 1. The van der Waals surface area contributed by atoms with Crippen LogP contribution in [-0.4, -0.2) is 17.8 Å². The number of phenolic OH excluding ortho intramolecular Hbond substituents is 1. The minimum Gasteiger partial charge on any atom is -0.508 e. The van der Waals surface area contributed by atoms with Gasteiger partial charge >= 0.3 is 0 Å². The van der Waals surface area contributed by atoms with E-state index in [-0.39, 0.29) is 11.7 Å². The maximum atomic E-state index is 10.6. The van der Waals surface area contributed by atoms with Gasteiger partial charge in [-0.3, -0.25) is 0 Å². The summed E-state index contributed by atoms with van der Waals surface area (Å²) in [6, 6.07) is 7.83. The van der Waals surface area contributed by atoms with Gasteiger partial charge in [-0.15, -0.1) is 0 Å². The molecule has 1 aromatic carbocycles. The van der Waals surface area contributed by atoms with Crippen molar-refractivity contribution in [2.24, 2.45) is 29.6 Å². The second-order valence-electron chi connectivity index (χ2n) is 9.16. The van der Waals surface area contributed by atoms with Gasteiger partial charge in [0, 0.05) is 18.6 Å². The molecule has 5 nitrogen and oxygen atoms in total. The molecule has 1 N–H and O–H groups in total. The number of phenols is 1. The van der Waals surface area contributed by atoms with E-state index in [4.69, 9.17) is 19.8 Å². The van der Waals surface area contributed by atoms with Gasteiger partial charge in [0.15, 0.2) is 5.60 Å². The highest BCUT2D eigenvalue weighted by Crippen LogP contribution is 2.69. The van der Waals surface area contributed by atoms with Crippen LogP contribution >= 0.6 is 0 Å². The molecule has 5 heteroatoms. The summed E-state index contributed by atoms with van der Waals surface area (Å²) >= 11 is 0. The van der Waals surface area contributed by atoms with Crippen molar-refractivity contribution in [1.82, 2.24) is 0 Å². The van der Waals surface area contributed by atoms with Crippen molar-refractivity contribution in [3.63, 3.8) is 0 Å². The molecular formula is C22H27NO4. The van der Waals surface area contributed by atoms with Gasteiger partial charge < -0.3 is 9.84 Å². The molecule has 1 aromatic rings. The highest BCUT2D eigenvalue weighted by atomic mass is 17.3. The van der Waals surface area contributed by atoms with Crippen LogP contribution in [-0.2, 0) is 26.7 Å². The van der Waals surface area contributed by atoms with E-state index in [0.717, 1.165) is 23.0 Å². The van der Waals surface area contributed by atoms with Crippen molar-refractivity contribution in [1.29, 1.82) is 5.26 Å². The lowest BCUT2D eigenvalue weighted by atomic mass is 9.47. The lowest BCUT2D eigenvalue weighted by molar-refractivity contribution is -0.645. The van der Waals surface area contributed by atoms with Crippen LogP contribution in [0.25, 0.3) is 0 Å². The van der Waals surface area contributed by atoms with Gasteiger partial charge in [-0.2, -0.15) is 10.1 Å². The highest BCUT2D eigenvalue weighted by Gasteiger charge is 2.76. The molecule has 1 spiro atoms. The van der Waals surface area contributed by atoms with Gasteiger partial charge in [-0.25, -0.2) is 4.89 Å².